The Labute approximate surface area is 84.7 Å². The number of ether oxygens (including phenoxy) is 2. The summed E-state index contributed by atoms with van der Waals surface area (Å²) >= 11 is 0. The van der Waals surface area contributed by atoms with E-state index in [2.05, 4.69) is 6.58 Å². The summed E-state index contributed by atoms with van der Waals surface area (Å²) < 4.78 is 9.96. The number of allylic oxidation sites excluding steroid dienone is 3. The van der Waals surface area contributed by atoms with Crippen molar-refractivity contribution < 1.29 is 14.3 Å². The molecule has 1 heterocycles. The number of carbonyl (C=O) groups excluding carboxylic acids is 1. The number of hydrogen-bond donors (Lipinski definition) is 0. The lowest BCUT2D eigenvalue weighted by Crippen LogP contribution is -2.20. The second kappa shape index (κ2) is 6.95. The molecule has 0 atom stereocenters. The van der Waals surface area contributed by atoms with Crippen molar-refractivity contribution >= 4 is 5.97 Å². The summed E-state index contributed by atoms with van der Waals surface area (Å²) in [6.45, 7) is 9.26. The molecule has 1 aliphatic heterocycles. The topological polar surface area (TPSA) is 35.5 Å². The van der Waals surface area contributed by atoms with Gasteiger partial charge in [0.15, 0.2) is 18.1 Å². The van der Waals surface area contributed by atoms with Crippen LogP contribution in [0.3, 0.4) is 0 Å². The molecular weight excluding hydrogens is 180 g/mol. The highest BCUT2D eigenvalue weighted by Gasteiger charge is 2.19. The van der Waals surface area contributed by atoms with Crippen molar-refractivity contribution in [3.05, 3.63) is 36.3 Å². The van der Waals surface area contributed by atoms with Crippen molar-refractivity contribution in [1.82, 2.24) is 0 Å². The van der Waals surface area contributed by atoms with E-state index in [1.165, 1.54) is 0 Å². The Morgan fingerprint density at radius 2 is 2.00 bits per heavy atom. The molecule has 1 rings (SSSR count). The molecule has 0 aromatic rings. The molecule has 0 amide bonds. The zero-order valence-corrected chi connectivity index (χ0v) is 8.87. The number of esters is 1. The van der Waals surface area contributed by atoms with Gasteiger partial charge in [-0.15, -0.1) is 0 Å². The van der Waals surface area contributed by atoms with Gasteiger partial charge >= 0.3 is 5.97 Å². The van der Waals surface area contributed by atoms with Gasteiger partial charge in [0.2, 0.25) is 0 Å². The summed E-state index contributed by atoms with van der Waals surface area (Å²) in [7, 11) is 0. The highest BCUT2D eigenvalue weighted by molar-refractivity contribution is 5.74. The van der Waals surface area contributed by atoms with Crippen molar-refractivity contribution in [3.63, 3.8) is 0 Å². The molecule has 0 unspecified atom stereocenters. The third-order valence-corrected chi connectivity index (χ3v) is 1.34. The van der Waals surface area contributed by atoms with Crippen LogP contribution in [-0.2, 0) is 14.3 Å². The zero-order chi connectivity index (χ0) is 11.0. The molecule has 0 aromatic heterocycles. The van der Waals surface area contributed by atoms with Crippen molar-refractivity contribution in [2.24, 2.45) is 0 Å². The number of carbonyl (C=O) groups is 1. The van der Waals surface area contributed by atoms with Gasteiger partial charge in [-0.2, -0.15) is 0 Å². The van der Waals surface area contributed by atoms with Crippen LogP contribution in [-0.4, -0.2) is 12.6 Å². The maximum Gasteiger partial charge on any atom is 0.349 e. The number of rotatable bonds is 1. The van der Waals surface area contributed by atoms with Gasteiger partial charge in [0.25, 0.3) is 0 Å². The summed E-state index contributed by atoms with van der Waals surface area (Å²) in [4.78, 5) is 10.7. The second-order valence-corrected chi connectivity index (χ2v) is 2.18. The van der Waals surface area contributed by atoms with Crippen LogP contribution in [0.5, 0.6) is 0 Å². The highest BCUT2D eigenvalue weighted by Crippen LogP contribution is 2.18. The summed E-state index contributed by atoms with van der Waals surface area (Å²) in [6, 6.07) is 0. The molecule has 1 aliphatic rings. The van der Waals surface area contributed by atoms with Gasteiger partial charge in [0.1, 0.15) is 0 Å². The SMILES string of the molecule is C=C/C=C1/OCC(=O)O/C1=C/C.CC. The highest BCUT2D eigenvalue weighted by atomic mass is 16.6. The summed E-state index contributed by atoms with van der Waals surface area (Å²) in [5, 5.41) is 0. The Balaban J connectivity index is 0.000000791. The van der Waals surface area contributed by atoms with E-state index in [1.54, 1.807) is 25.2 Å². The van der Waals surface area contributed by atoms with Gasteiger partial charge in [-0.3, -0.25) is 0 Å². The van der Waals surface area contributed by atoms with Crippen LogP contribution in [0, 0.1) is 0 Å². The monoisotopic (exact) mass is 196 g/mol. The fraction of sp³-hybridized carbons (Fsp3) is 0.364. The van der Waals surface area contributed by atoms with Crippen molar-refractivity contribution in [2.75, 3.05) is 6.61 Å². The van der Waals surface area contributed by atoms with E-state index < -0.39 is 0 Å². The first kappa shape index (κ1) is 12.5. The molecule has 1 fully saturated rings. The molecular formula is C11H16O3. The van der Waals surface area contributed by atoms with Crippen LogP contribution in [0.1, 0.15) is 20.8 Å². The minimum Gasteiger partial charge on any atom is -0.478 e. The molecule has 0 saturated carbocycles. The Bertz CT molecular complexity index is 262. The molecule has 0 aliphatic carbocycles. The minimum atomic E-state index is -0.371. The quantitative estimate of drug-likeness (QED) is 0.604. The first-order valence-electron chi connectivity index (χ1n) is 4.61. The van der Waals surface area contributed by atoms with E-state index in [9.17, 15) is 4.79 Å². The normalized spacial score (nSPS) is 20.6. The van der Waals surface area contributed by atoms with E-state index in [1.807, 2.05) is 13.8 Å². The largest absolute Gasteiger partial charge is 0.478 e. The molecule has 3 nitrogen and oxygen atoms in total. The van der Waals surface area contributed by atoms with Crippen molar-refractivity contribution in [3.8, 4) is 0 Å². The van der Waals surface area contributed by atoms with E-state index in [-0.39, 0.29) is 12.6 Å². The third-order valence-electron chi connectivity index (χ3n) is 1.34. The lowest BCUT2D eigenvalue weighted by atomic mass is 10.3. The van der Waals surface area contributed by atoms with Crippen LogP contribution >= 0.6 is 0 Å². The standard InChI is InChI=1S/C9H10O3.C2H6/c1-3-5-8-7(4-2)12-9(10)6-11-8;1-2/h3-5H,1,6H2,2H3;1-2H3/b7-4+,8-5+;. The Kier molecular flexibility index (Phi) is 6.20. The van der Waals surface area contributed by atoms with E-state index >= 15 is 0 Å². The van der Waals surface area contributed by atoms with E-state index in [0.717, 1.165) is 0 Å². The molecule has 0 N–H and O–H groups in total. The summed E-state index contributed by atoms with van der Waals surface area (Å²) in [6.07, 6.45) is 4.91. The number of cyclic esters (lactones) is 1. The lowest BCUT2D eigenvalue weighted by Gasteiger charge is -2.17. The Morgan fingerprint density at radius 3 is 2.50 bits per heavy atom. The molecule has 0 radical (unpaired) electrons. The van der Waals surface area contributed by atoms with Crippen molar-refractivity contribution in [1.29, 1.82) is 0 Å². The maximum atomic E-state index is 10.7. The van der Waals surface area contributed by atoms with Gasteiger partial charge in [-0.25, -0.2) is 4.79 Å². The molecule has 3 heteroatoms. The van der Waals surface area contributed by atoms with Crippen LogP contribution in [0.4, 0.5) is 0 Å². The van der Waals surface area contributed by atoms with Gasteiger partial charge < -0.3 is 9.47 Å². The predicted octanol–water partition coefficient (Wildman–Crippen LogP) is 2.56. The van der Waals surface area contributed by atoms with E-state index in [4.69, 9.17) is 9.47 Å². The smallest absolute Gasteiger partial charge is 0.349 e. The first-order valence-corrected chi connectivity index (χ1v) is 4.61. The van der Waals surface area contributed by atoms with Gasteiger partial charge in [-0.05, 0) is 19.1 Å². The molecule has 0 bridgehead atoms. The molecule has 14 heavy (non-hydrogen) atoms. The summed E-state index contributed by atoms with van der Waals surface area (Å²) in [5.41, 5.74) is 0. The van der Waals surface area contributed by atoms with Crippen molar-refractivity contribution in [2.45, 2.75) is 20.8 Å². The van der Waals surface area contributed by atoms with Gasteiger partial charge in [0.05, 0.1) is 0 Å². The molecule has 78 valence electrons. The van der Waals surface area contributed by atoms with Crippen LogP contribution < -0.4 is 0 Å². The van der Waals surface area contributed by atoms with Gasteiger partial charge in [-0.1, -0.05) is 26.5 Å². The predicted molar refractivity (Wildman–Crippen MR) is 55.4 cm³/mol. The van der Waals surface area contributed by atoms with Crippen LogP contribution in [0.2, 0.25) is 0 Å². The third kappa shape index (κ3) is 3.47. The first-order chi connectivity index (χ1) is 6.77. The zero-order valence-electron chi connectivity index (χ0n) is 8.87. The van der Waals surface area contributed by atoms with Crippen LogP contribution in [0.15, 0.2) is 36.3 Å². The Hall–Kier alpha value is -1.51. The minimum absolute atomic E-state index is 0.0307. The average molecular weight is 196 g/mol. The maximum absolute atomic E-state index is 10.7. The fourth-order valence-electron chi connectivity index (χ4n) is 0.849. The van der Waals surface area contributed by atoms with E-state index in [0.29, 0.717) is 11.5 Å². The lowest BCUT2D eigenvalue weighted by molar-refractivity contribution is -0.147. The summed E-state index contributed by atoms with van der Waals surface area (Å²) in [5.74, 6) is 0.627. The Morgan fingerprint density at radius 1 is 1.36 bits per heavy atom. The number of hydrogen-bond acceptors (Lipinski definition) is 3. The average Bonchev–Trinajstić information content (AvgIpc) is 2.24. The van der Waals surface area contributed by atoms with Crippen LogP contribution in [0.25, 0.3) is 0 Å². The second-order valence-electron chi connectivity index (χ2n) is 2.18. The fourth-order valence-corrected chi connectivity index (χ4v) is 0.849. The molecule has 0 spiro atoms. The van der Waals surface area contributed by atoms with Gasteiger partial charge in [0, 0.05) is 0 Å². The molecule has 1 saturated heterocycles. The molecule has 0 aromatic carbocycles.